The summed E-state index contributed by atoms with van der Waals surface area (Å²) in [7, 11) is 1.83. The number of aromatic nitrogens is 1. The molecule has 1 aromatic carbocycles. The van der Waals surface area contributed by atoms with Crippen LogP contribution in [-0.4, -0.2) is 55.2 Å². The monoisotopic (exact) mass is 457 g/mol. The number of aryl methyl sites for hydroxylation is 1. The summed E-state index contributed by atoms with van der Waals surface area (Å²) < 4.78 is 2.31. The number of nitrogens with one attached hydrogen (secondary N) is 2. The molecular formula is C19H32IN5. The van der Waals surface area contributed by atoms with E-state index in [2.05, 4.69) is 75.5 Å². The Morgan fingerprint density at radius 1 is 1.08 bits per heavy atom. The molecule has 0 saturated heterocycles. The lowest BCUT2D eigenvalue weighted by Gasteiger charge is -2.19. The summed E-state index contributed by atoms with van der Waals surface area (Å²) >= 11 is 0. The van der Waals surface area contributed by atoms with E-state index in [1.807, 2.05) is 7.05 Å². The van der Waals surface area contributed by atoms with Gasteiger partial charge in [0.1, 0.15) is 0 Å². The summed E-state index contributed by atoms with van der Waals surface area (Å²) in [5.41, 5.74) is 1.30. The molecule has 1 heterocycles. The zero-order valence-electron chi connectivity index (χ0n) is 15.7. The van der Waals surface area contributed by atoms with Gasteiger partial charge in [0, 0.05) is 44.9 Å². The average Bonchev–Trinajstić information content (AvgIpc) is 3.04. The highest BCUT2D eigenvalue weighted by Gasteiger charge is 2.02. The number of likely N-dealkylation sites (N-methyl/N-ethyl adjacent to an activating group) is 1. The van der Waals surface area contributed by atoms with Crippen molar-refractivity contribution in [1.82, 2.24) is 20.1 Å². The second-order valence-corrected chi connectivity index (χ2v) is 5.87. The smallest absolute Gasteiger partial charge is 0.191 e. The van der Waals surface area contributed by atoms with Crippen LogP contribution in [-0.2, 0) is 6.54 Å². The van der Waals surface area contributed by atoms with E-state index in [0.29, 0.717) is 0 Å². The maximum atomic E-state index is 4.29. The number of halogens is 1. The standard InChI is InChI=1S/C19H31N5.HI/c1-4-23(5-2)16-13-22-19(20-3)21-12-8-14-24-15-11-17-9-6-7-10-18(17)24;/h6-7,9-11,15H,4-5,8,12-14,16H2,1-3H3,(H2,20,21,22);1H. The Hall–Kier alpha value is -1.28. The second kappa shape index (κ2) is 12.1. The van der Waals surface area contributed by atoms with Crippen LogP contribution < -0.4 is 10.6 Å². The maximum absolute atomic E-state index is 4.29. The van der Waals surface area contributed by atoms with Gasteiger partial charge in [-0.15, -0.1) is 24.0 Å². The summed E-state index contributed by atoms with van der Waals surface area (Å²) in [4.78, 5) is 6.69. The predicted octanol–water partition coefficient (Wildman–Crippen LogP) is 3.16. The van der Waals surface area contributed by atoms with Crippen molar-refractivity contribution in [2.24, 2.45) is 4.99 Å². The van der Waals surface area contributed by atoms with Gasteiger partial charge in [0.25, 0.3) is 0 Å². The SMILES string of the molecule is CCN(CC)CCNC(=NC)NCCCn1ccc2ccccc21.I. The molecule has 140 valence electrons. The van der Waals surface area contributed by atoms with Gasteiger partial charge in [0.2, 0.25) is 0 Å². The first-order valence-corrected chi connectivity index (χ1v) is 8.99. The Balaban J connectivity index is 0.00000312. The van der Waals surface area contributed by atoms with Gasteiger partial charge in [0.15, 0.2) is 5.96 Å². The Morgan fingerprint density at radius 2 is 1.80 bits per heavy atom. The number of nitrogens with zero attached hydrogens (tertiary/aromatic N) is 3. The fourth-order valence-electron chi connectivity index (χ4n) is 2.88. The van der Waals surface area contributed by atoms with Crippen LogP contribution in [0.25, 0.3) is 10.9 Å². The van der Waals surface area contributed by atoms with Gasteiger partial charge < -0.3 is 20.1 Å². The number of benzene rings is 1. The van der Waals surface area contributed by atoms with Gasteiger partial charge in [-0.2, -0.15) is 0 Å². The largest absolute Gasteiger partial charge is 0.356 e. The van der Waals surface area contributed by atoms with E-state index in [0.717, 1.165) is 51.6 Å². The molecule has 0 spiro atoms. The maximum Gasteiger partial charge on any atom is 0.191 e. The molecular weight excluding hydrogens is 425 g/mol. The Labute approximate surface area is 168 Å². The van der Waals surface area contributed by atoms with Crippen LogP contribution >= 0.6 is 24.0 Å². The first-order chi connectivity index (χ1) is 11.8. The summed E-state index contributed by atoms with van der Waals surface area (Å²) in [6.07, 6.45) is 3.23. The molecule has 2 aromatic rings. The lowest BCUT2D eigenvalue weighted by atomic mass is 10.2. The second-order valence-electron chi connectivity index (χ2n) is 5.87. The fraction of sp³-hybridized carbons (Fsp3) is 0.526. The van der Waals surface area contributed by atoms with E-state index in [1.165, 1.54) is 10.9 Å². The summed E-state index contributed by atoms with van der Waals surface area (Å²) in [5, 5.41) is 8.08. The van der Waals surface area contributed by atoms with Crippen molar-refractivity contribution in [1.29, 1.82) is 0 Å². The minimum Gasteiger partial charge on any atom is -0.356 e. The third-order valence-electron chi connectivity index (χ3n) is 4.39. The van der Waals surface area contributed by atoms with Crippen LogP contribution in [0.3, 0.4) is 0 Å². The first kappa shape index (κ1) is 21.8. The molecule has 0 aliphatic carbocycles. The molecule has 0 fully saturated rings. The van der Waals surface area contributed by atoms with Crippen LogP contribution in [0.4, 0.5) is 0 Å². The zero-order valence-corrected chi connectivity index (χ0v) is 18.0. The van der Waals surface area contributed by atoms with Crippen LogP contribution in [0.5, 0.6) is 0 Å². The van der Waals surface area contributed by atoms with E-state index in [4.69, 9.17) is 0 Å². The highest BCUT2D eigenvalue weighted by Crippen LogP contribution is 2.15. The highest BCUT2D eigenvalue weighted by atomic mass is 127. The number of fused-ring (bicyclic) bond motifs is 1. The van der Waals surface area contributed by atoms with E-state index in [1.54, 1.807) is 0 Å². The van der Waals surface area contributed by atoms with Gasteiger partial charge >= 0.3 is 0 Å². The van der Waals surface area contributed by atoms with Gasteiger partial charge in [-0.05, 0) is 37.0 Å². The lowest BCUT2D eigenvalue weighted by Crippen LogP contribution is -2.42. The number of rotatable bonds is 9. The Bertz CT molecular complexity index is 634. The van der Waals surface area contributed by atoms with Crippen molar-refractivity contribution in [2.75, 3.05) is 39.8 Å². The minimum absolute atomic E-state index is 0. The van der Waals surface area contributed by atoms with Gasteiger partial charge in [-0.1, -0.05) is 32.0 Å². The third kappa shape index (κ3) is 6.86. The molecule has 6 heteroatoms. The summed E-state index contributed by atoms with van der Waals surface area (Å²) in [5.74, 6) is 0.888. The predicted molar refractivity (Wildman–Crippen MR) is 119 cm³/mol. The molecule has 25 heavy (non-hydrogen) atoms. The zero-order chi connectivity index (χ0) is 17.2. The molecule has 0 radical (unpaired) electrons. The molecule has 0 bridgehead atoms. The molecule has 2 N–H and O–H groups in total. The molecule has 0 atom stereocenters. The third-order valence-corrected chi connectivity index (χ3v) is 4.39. The normalized spacial score (nSPS) is 11.6. The van der Waals surface area contributed by atoms with Crippen molar-refractivity contribution in [2.45, 2.75) is 26.8 Å². The fourth-order valence-corrected chi connectivity index (χ4v) is 2.88. The number of guanidine groups is 1. The Kier molecular flexibility index (Phi) is 10.6. The van der Waals surface area contributed by atoms with Crippen molar-refractivity contribution in [3.63, 3.8) is 0 Å². The van der Waals surface area contributed by atoms with Crippen LogP contribution in [0.2, 0.25) is 0 Å². The molecule has 0 aliphatic heterocycles. The van der Waals surface area contributed by atoms with Gasteiger partial charge in [-0.25, -0.2) is 0 Å². The minimum atomic E-state index is 0. The quantitative estimate of drug-likeness (QED) is 0.263. The van der Waals surface area contributed by atoms with Crippen LogP contribution in [0.1, 0.15) is 20.3 Å². The van der Waals surface area contributed by atoms with E-state index in [-0.39, 0.29) is 24.0 Å². The van der Waals surface area contributed by atoms with E-state index >= 15 is 0 Å². The molecule has 0 amide bonds. The highest BCUT2D eigenvalue weighted by molar-refractivity contribution is 14.0. The van der Waals surface area contributed by atoms with Crippen molar-refractivity contribution in [3.8, 4) is 0 Å². The number of aliphatic imine (C=N–C) groups is 1. The van der Waals surface area contributed by atoms with Crippen molar-refractivity contribution >= 4 is 40.8 Å². The van der Waals surface area contributed by atoms with Crippen LogP contribution in [0.15, 0.2) is 41.5 Å². The first-order valence-electron chi connectivity index (χ1n) is 8.99. The van der Waals surface area contributed by atoms with Crippen molar-refractivity contribution < 1.29 is 0 Å². The average molecular weight is 457 g/mol. The summed E-state index contributed by atoms with van der Waals surface area (Å²) in [6, 6.07) is 10.7. The molecule has 0 aliphatic rings. The molecule has 1 aromatic heterocycles. The number of para-hydroxylation sites is 1. The van der Waals surface area contributed by atoms with Gasteiger partial charge in [-0.3, -0.25) is 4.99 Å². The molecule has 0 unspecified atom stereocenters. The van der Waals surface area contributed by atoms with Gasteiger partial charge in [0.05, 0.1) is 0 Å². The van der Waals surface area contributed by atoms with Crippen LogP contribution in [0, 0.1) is 0 Å². The number of hydrogen-bond acceptors (Lipinski definition) is 2. The van der Waals surface area contributed by atoms with E-state index < -0.39 is 0 Å². The number of hydrogen-bond donors (Lipinski definition) is 2. The van der Waals surface area contributed by atoms with Crippen molar-refractivity contribution in [3.05, 3.63) is 36.5 Å². The topological polar surface area (TPSA) is 44.6 Å². The molecule has 0 saturated carbocycles. The summed E-state index contributed by atoms with van der Waals surface area (Å²) in [6.45, 7) is 10.5. The molecule has 5 nitrogen and oxygen atoms in total. The molecule has 2 rings (SSSR count). The van der Waals surface area contributed by atoms with E-state index in [9.17, 15) is 0 Å². The lowest BCUT2D eigenvalue weighted by molar-refractivity contribution is 0.308. The Morgan fingerprint density at radius 3 is 2.52 bits per heavy atom.